The molecule has 0 saturated carbocycles. The van der Waals surface area contributed by atoms with Gasteiger partial charge in [0.25, 0.3) is 0 Å². The summed E-state index contributed by atoms with van der Waals surface area (Å²) in [7, 11) is 1.71. The summed E-state index contributed by atoms with van der Waals surface area (Å²) < 4.78 is 5.39. The largest absolute Gasteiger partial charge is 0.497 e. The minimum Gasteiger partial charge on any atom is -0.497 e. The van der Waals surface area contributed by atoms with Crippen LogP contribution >= 0.6 is 0 Å². The van der Waals surface area contributed by atoms with Crippen LogP contribution in [0.15, 0.2) is 72.8 Å². The van der Waals surface area contributed by atoms with Gasteiger partial charge in [0.05, 0.1) is 7.11 Å². The van der Waals surface area contributed by atoms with Crippen LogP contribution in [-0.4, -0.2) is 17.1 Å². The van der Waals surface area contributed by atoms with Crippen LogP contribution < -0.4 is 10.1 Å². The van der Waals surface area contributed by atoms with E-state index in [0.717, 1.165) is 29.8 Å². The van der Waals surface area contributed by atoms with Crippen molar-refractivity contribution in [3.63, 3.8) is 0 Å². The molecule has 2 heterocycles. The first kappa shape index (κ1) is 20.1. The van der Waals surface area contributed by atoms with Crippen molar-refractivity contribution in [3.05, 3.63) is 89.6 Å². The van der Waals surface area contributed by atoms with Crippen LogP contribution in [0.3, 0.4) is 0 Å². The summed E-state index contributed by atoms with van der Waals surface area (Å²) in [5, 5.41) is 6.39. The number of methoxy groups -OCH3 is 1. The lowest BCUT2D eigenvalue weighted by atomic mass is 9.90. The molecule has 1 aliphatic rings. The summed E-state index contributed by atoms with van der Waals surface area (Å²) in [5.41, 5.74) is 8.86. The van der Waals surface area contributed by atoms with Gasteiger partial charge in [0.1, 0.15) is 5.75 Å². The maximum absolute atomic E-state index is 5.39. The molecule has 2 unspecified atom stereocenters. The van der Waals surface area contributed by atoms with Gasteiger partial charge in [-0.1, -0.05) is 36.4 Å². The number of fused-ring (bicyclic) bond motifs is 4. The summed E-state index contributed by atoms with van der Waals surface area (Å²) in [4.78, 5) is 7.33. The Kier molecular flexibility index (Phi) is 4.96. The summed E-state index contributed by atoms with van der Waals surface area (Å²) in [6.07, 6.45) is 3.49. The Morgan fingerprint density at radius 1 is 0.939 bits per heavy atom. The lowest BCUT2D eigenvalue weighted by Crippen LogP contribution is -2.27. The standard InChI is InChI=1S/C29H29N3O/c1-18(19-7-4-3-5-8-19)30-27-10-6-9-23-24-16-20(11-13-26(24)32-29(23)27)28-17-21-15-22(33-2)12-14-25(21)31-28/h3-5,7-8,11-18,27,30-32H,6,9-10H2,1-2H3. The molecule has 5 aromatic rings. The van der Waals surface area contributed by atoms with Crippen LogP contribution in [0.4, 0.5) is 0 Å². The zero-order valence-electron chi connectivity index (χ0n) is 19.1. The van der Waals surface area contributed by atoms with Crippen molar-refractivity contribution in [2.45, 2.75) is 38.3 Å². The van der Waals surface area contributed by atoms with Crippen LogP contribution in [0, 0.1) is 0 Å². The van der Waals surface area contributed by atoms with E-state index in [1.54, 1.807) is 7.11 Å². The van der Waals surface area contributed by atoms with E-state index in [1.807, 2.05) is 6.07 Å². The predicted octanol–water partition coefficient (Wildman–Crippen LogP) is 7.05. The minimum atomic E-state index is 0.312. The van der Waals surface area contributed by atoms with Gasteiger partial charge in [-0.3, -0.25) is 0 Å². The average molecular weight is 436 g/mol. The lowest BCUT2D eigenvalue weighted by Gasteiger charge is -2.27. The van der Waals surface area contributed by atoms with Crippen molar-refractivity contribution in [1.82, 2.24) is 15.3 Å². The van der Waals surface area contributed by atoms with Gasteiger partial charge < -0.3 is 20.0 Å². The fraction of sp³-hybridized carbons (Fsp3) is 0.241. The molecule has 0 radical (unpaired) electrons. The molecule has 3 N–H and O–H groups in total. The van der Waals surface area contributed by atoms with Gasteiger partial charge in [0, 0.05) is 45.3 Å². The van der Waals surface area contributed by atoms with Gasteiger partial charge >= 0.3 is 0 Å². The molecule has 0 fully saturated rings. The highest BCUT2D eigenvalue weighted by Gasteiger charge is 2.25. The lowest BCUT2D eigenvalue weighted by molar-refractivity contribution is 0.410. The quantitative estimate of drug-likeness (QED) is 0.277. The van der Waals surface area contributed by atoms with E-state index < -0.39 is 0 Å². The van der Waals surface area contributed by atoms with Crippen molar-refractivity contribution in [2.75, 3.05) is 7.11 Å². The molecule has 4 heteroatoms. The highest BCUT2D eigenvalue weighted by Crippen LogP contribution is 2.38. The third kappa shape index (κ3) is 3.61. The SMILES string of the molecule is COc1ccc2[nH]c(-c3ccc4[nH]c5c(c4c3)CCCC5NC(C)c3ccccc3)cc2c1. The van der Waals surface area contributed by atoms with Gasteiger partial charge in [-0.15, -0.1) is 0 Å². The molecule has 2 atom stereocenters. The second-order valence-corrected chi connectivity index (χ2v) is 9.16. The van der Waals surface area contributed by atoms with Crippen LogP contribution in [0.1, 0.15) is 48.7 Å². The molecule has 3 aromatic carbocycles. The van der Waals surface area contributed by atoms with E-state index >= 15 is 0 Å². The number of aryl methyl sites for hydroxylation is 1. The Hall–Kier alpha value is -3.50. The normalized spacial score (nSPS) is 16.7. The van der Waals surface area contributed by atoms with Crippen molar-refractivity contribution < 1.29 is 4.74 Å². The molecule has 0 amide bonds. The second kappa shape index (κ2) is 8.13. The van der Waals surface area contributed by atoms with Gasteiger partial charge in [-0.25, -0.2) is 0 Å². The number of nitrogens with one attached hydrogen (secondary N) is 3. The third-order valence-electron chi connectivity index (χ3n) is 7.10. The molecule has 166 valence electrons. The first-order valence-electron chi connectivity index (χ1n) is 11.8. The number of aromatic nitrogens is 2. The first-order valence-corrected chi connectivity index (χ1v) is 11.8. The molecule has 0 aliphatic heterocycles. The molecule has 0 bridgehead atoms. The fourth-order valence-electron chi connectivity index (χ4n) is 5.33. The van der Waals surface area contributed by atoms with Crippen molar-refractivity contribution in [1.29, 1.82) is 0 Å². The summed E-state index contributed by atoms with van der Waals surface area (Å²) in [5.74, 6) is 0.881. The number of rotatable bonds is 5. The number of aromatic amines is 2. The van der Waals surface area contributed by atoms with Crippen LogP contribution in [-0.2, 0) is 6.42 Å². The molecule has 0 saturated heterocycles. The van der Waals surface area contributed by atoms with E-state index in [0.29, 0.717) is 12.1 Å². The molecule has 33 heavy (non-hydrogen) atoms. The number of H-pyrrole nitrogens is 2. The Balaban J connectivity index is 1.35. The van der Waals surface area contributed by atoms with Crippen molar-refractivity contribution >= 4 is 21.8 Å². The Morgan fingerprint density at radius 3 is 2.64 bits per heavy atom. The van der Waals surface area contributed by atoms with E-state index in [-0.39, 0.29) is 0 Å². The van der Waals surface area contributed by atoms with Crippen LogP contribution in [0.5, 0.6) is 5.75 Å². The Labute approximate surface area is 194 Å². The molecular weight excluding hydrogens is 406 g/mol. The maximum atomic E-state index is 5.39. The molecule has 6 rings (SSSR count). The number of ether oxygens (including phenoxy) is 1. The molecule has 0 spiro atoms. The maximum Gasteiger partial charge on any atom is 0.119 e. The molecule has 1 aliphatic carbocycles. The topological polar surface area (TPSA) is 52.8 Å². The second-order valence-electron chi connectivity index (χ2n) is 9.16. The number of benzene rings is 3. The smallest absolute Gasteiger partial charge is 0.119 e. The predicted molar refractivity (Wildman–Crippen MR) is 136 cm³/mol. The molecular formula is C29H29N3O. The molecule has 4 nitrogen and oxygen atoms in total. The number of hydrogen-bond acceptors (Lipinski definition) is 2. The van der Waals surface area contributed by atoms with E-state index in [1.165, 1.54) is 45.1 Å². The van der Waals surface area contributed by atoms with Crippen molar-refractivity contribution in [2.24, 2.45) is 0 Å². The molecule has 2 aromatic heterocycles. The highest BCUT2D eigenvalue weighted by molar-refractivity contribution is 5.92. The van der Waals surface area contributed by atoms with E-state index in [4.69, 9.17) is 4.74 Å². The zero-order chi connectivity index (χ0) is 22.4. The monoisotopic (exact) mass is 435 g/mol. The minimum absolute atomic E-state index is 0.312. The summed E-state index contributed by atoms with van der Waals surface area (Å²) in [6.45, 7) is 2.26. The van der Waals surface area contributed by atoms with Crippen LogP contribution in [0.2, 0.25) is 0 Å². The highest BCUT2D eigenvalue weighted by atomic mass is 16.5. The third-order valence-corrected chi connectivity index (χ3v) is 7.10. The summed E-state index contributed by atoms with van der Waals surface area (Å²) >= 11 is 0. The first-order chi connectivity index (χ1) is 16.2. The summed E-state index contributed by atoms with van der Waals surface area (Å²) in [6, 6.07) is 26.5. The fourth-order valence-corrected chi connectivity index (χ4v) is 5.33. The van der Waals surface area contributed by atoms with Gasteiger partial charge in [0.15, 0.2) is 0 Å². The van der Waals surface area contributed by atoms with Gasteiger partial charge in [-0.2, -0.15) is 0 Å². The van der Waals surface area contributed by atoms with Crippen LogP contribution in [0.25, 0.3) is 33.1 Å². The van der Waals surface area contributed by atoms with Crippen molar-refractivity contribution in [3.8, 4) is 17.0 Å². The average Bonchev–Trinajstić information content (AvgIpc) is 3.45. The van der Waals surface area contributed by atoms with E-state index in [2.05, 4.69) is 88.9 Å². The van der Waals surface area contributed by atoms with E-state index in [9.17, 15) is 0 Å². The Morgan fingerprint density at radius 2 is 1.79 bits per heavy atom. The number of hydrogen-bond donors (Lipinski definition) is 3. The zero-order valence-corrected chi connectivity index (χ0v) is 19.1. The van der Waals surface area contributed by atoms with Gasteiger partial charge in [0.2, 0.25) is 0 Å². The van der Waals surface area contributed by atoms with Gasteiger partial charge in [-0.05, 0) is 79.3 Å². The Bertz CT molecular complexity index is 1430.